The molecule has 6 nitrogen and oxygen atoms in total. The molecule has 2 heterocycles. The van der Waals surface area contributed by atoms with Gasteiger partial charge in [-0.15, -0.1) is 0 Å². The fourth-order valence-corrected chi connectivity index (χ4v) is 2.20. The fraction of sp³-hybridized carbons (Fsp3) is 0.133. The number of hydrogen-bond acceptors (Lipinski definition) is 4. The maximum absolute atomic E-state index is 13.1. The fourth-order valence-electron chi connectivity index (χ4n) is 2.20. The van der Waals surface area contributed by atoms with Crippen molar-refractivity contribution in [2.24, 2.45) is 0 Å². The summed E-state index contributed by atoms with van der Waals surface area (Å²) in [6, 6.07) is 7.41. The van der Waals surface area contributed by atoms with Gasteiger partial charge in [0.1, 0.15) is 17.0 Å². The molecular weight excluding hydrogens is 306 g/mol. The van der Waals surface area contributed by atoms with E-state index in [1.54, 1.807) is 19.1 Å². The van der Waals surface area contributed by atoms with Gasteiger partial charge in [-0.2, -0.15) is 5.10 Å². The zero-order chi connectivity index (χ0) is 16.6. The number of benzene rings is 1. The van der Waals surface area contributed by atoms with Crippen LogP contribution in [0.1, 0.15) is 28.2 Å². The smallest absolute Gasteiger partial charge is 0.280 e. The molecule has 0 radical (unpaired) electrons. The number of para-hydroxylation sites is 2. The molecule has 0 atom stereocenters. The first kappa shape index (κ1) is 14.9. The van der Waals surface area contributed by atoms with Crippen molar-refractivity contribution in [2.75, 3.05) is 5.32 Å². The first-order chi connectivity index (χ1) is 11.0. The standard InChI is InChI=1S/C15H12F2N4O2/c1-8-6-11(13(16)17)21-14(19-8)9(7-18-21)15(23)20-10-4-2-3-5-12(10)22/h2-7,13,22H,1H3,(H,20,23). The lowest BCUT2D eigenvalue weighted by molar-refractivity contribution is 0.102. The molecule has 0 aliphatic rings. The van der Waals surface area contributed by atoms with Crippen molar-refractivity contribution < 1.29 is 18.7 Å². The van der Waals surface area contributed by atoms with Crippen molar-refractivity contribution in [3.8, 4) is 5.75 Å². The number of rotatable bonds is 3. The molecule has 8 heteroatoms. The molecular formula is C15H12F2N4O2. The van der Waals surface area contributed by atoms with Gasteiger partial charge in [-0.3, -0.25) is 4.79 Å². The molecule has 3 rings (SSSR count). The number of fused-ring (bicyclic) bond motifs is 1. The summed E-state index contributed by atoms with van der Waals surface area (Å²) < 4.78 is 27.1. The Bertz CT molecular complexity index is 892. The van der Waals surface area contributed by atoms with Crippen LogP contribution in [-0.2, 0) is 0 Å². The molecule has 2 aromatic heterocycles. The minimum absolute atomic E-state index is 0.0354. The Kier molecular flexibility index (Phi) is 3.65. The zero-order valence-corrected chi connectivity index (χ0v) is 12.0. The van der Waals surface area contributed by atoms with E-state index in [0.29, 0.717) is 5.69 Å². The third-order valence-electron chi connectivity index (χ3n) is 3.25. The average molecular weight is 318 g/mol. The SMILES string of the molecule is Cc1cc(C(F)F)n2ncc(C(=O)Nc3ccccc3O)c2n1. The van der Waals surface area contributed by atoms with Gasteiger partial charge in [0.05, 0.1) is 11.9 Å². The van der Waals surface area contributed by atoms with E-state index in [0.717, 1.165) is 4.52 Å². The Labute approximate surface area is 129 Å². The van der Waals surface area contributed by atoms with Crippen LogP contribution in [0.25, 0.3) is 5.65 Å². The quantitative estimate of drug-likeness (QED) is 0.728. The van der Waals surface area contributed by atoms with Crippen molar-refractivity contribution in [1.29, 1.82) is 0 Å². The summed E-state index contributed by atoms with van der Waals surface area (Å²) in [5, 5.41) is 16.0. The van der Waals surface area contributed by atoms with Crippen LogP contribution in [0.15, 0.2) is 36.5 Å². The highest BCUT2D eigenvalue weighted by Gasteiger charge is 2.20. The normalized spacial score (nSPS) is 11.1. The molecule has 0 saturated heterocycles. The number of aryl methyl sites for hydroxylation is 1. The Hall–Kier alpha value is -3.03. The number of nitrogens with zero attached hydrogens (tertiary/aromatic N) is 3. The predicted molar refractivity (Wildman–Crippen MR) is 78.7 cm³/mol. The molecule has 23 heavy (non-hydrogen) atoms. The number of alkyl halides is 2. The number of carbonyl (C=O) groups is 1. The van der Waals surface area contributed by atoms with Crippen LogP contribution in [0.4, 0.5) is 14.5 Å². The number of hydrogen-bond donors (Lipinski definition) is 2. The summed E-state index contributed by atoms with van der Waals surface area (Å²) in [7, 11) is 0. The number of aromatic nitrogens is 3. The summed E-state index contributed by atoms with van der Waals surface area (Å²) in [6.45, 7) is 1.56. The van der Waals surface area contributed by atoms with Crippen LogP contribution in [0.2, 0.25) is 0 Å². The number of aromatic hydroxyl groups is 1. The third-order valence-corrected chi connectivity index (χ3v) is 3.25. The summed E-state index contributed by atoms with van der Waals surface area (Å²) in [6.07, 6.45) is -1.57. The second-order valence-corrected chi connectivity index (χ2v) is 4.89. The summed E-state index contributed by atoms with van der Waals surface area (Å²) >= 11 is 0. The van der Waals surface area contributed by atoms with Crippen molar-refractivity contribution in [2.45, 2.75) is 13.3 Å². The molecule has 0 aliphatic heterocycles. The van der Waals surface area contributed by atoms with Crippen molar-refractivity contribution in [1.82, 2.24) is 14.6 Å². The van der Waals surface area contributed by atoms with Gasteiger partial charge < -0.3 is 10.4 Å². The zero-order valence-electron chi connectivity index (χ0n) is 12.0. The minimum atomic E-state index is -2.74. The minimum Gasteiger partial charge on any atom is -0.506 e. The molecule has 3 aromatic rings. The lowest BCUT2D eigenvalue weighted by atomic mass is 10.2. The number of amides is 1. The van der Waals surface area contributed by atoms with Crippen LogP contribution in [-0.4, -0.2) is 25.6 Å². The Morgan fingerprint density at radius 2 is 2.09 bits per heavy atom. The molecule has 0 saturated carbocycles. The van der Waals surface area contributed by atoms with Gasteiger partial charge in [0, 0.05) is 5.69 Å². The molecule has 118 valence electrons. The Morgan fingerprint density at radius 3 is 2.78 bits per heavy atom. The van der Waals surface area contributed by atoms with E-state index in [4.69, 9.17) is 0 Å². The van der Waals surface area contributed by atoms with Crippen molar-refractivity contribution >= 4 is 17.2 Å². The summed E-state index contributed by atoms with van der Waals surface area (Å²) in [4.78, 5) is 16.4. The van der Waals surface area contributed by atoms with Gasteiger partial charge in [-0.05, 0) is 25.1 Å². The number of phenols is 1. The van der Waals surface area contributed by atoms with E-state index in [2.05, 4.69) is 15.4 Å². The predicted octanol–water partition coefficient (Wildman–Crippen LogP) is 2.93. The summed E-state index contributed by atoms with van der Waals surface area (Å²) in [5.41, 5.74) is 0.296. The van der Waals surface area contributed by atoms with Gasteiger partial charge in [0.25, 0.3) is 12.3 Å². The highest BCUT2D eigenvalue weighted by atomic mass is 19.3. The number of halogens is 2. The maximum atomic E-state index is 13.1. The second kappa shape index (κ2) is 5.64. The van der Waals surface area contributed by atoms with Crippen molar-refractivity contribution in [3.05, 3.63) is 53.5 Å². The van der Waals surface area contributed by atoms with E-state index in [1.165, 1.54) is 24.4 Å². The van der Waals surface area contributed by atoms with Crippen molar-refractivity contribution in [3.63, 3.8) is 0 Å². The molecule has 2 N–H and O–H groups in total. The van der Waals surface area contributed by atoms with Crippen LogP contribution in [0, 0.1) is 6.92 Å². The Balaban J connectivity index is 2.03. The molecule has 0 spiro atoms. The van der Waals surface area contributed by atoms with Gasteiger partial charge in [-0.25, -0.2) is 18.3 Å². The van der Waals surface area contributed by atoms with Crippen LogP contribution < -0.4 is 5.32 Å². The number of phenolic OH excluding ortho intramolecular Hbond substituents is 1. The molecule has 0 fully saturated rings. The Morgan fingerprint density at radius 1 is 1.35 bits per heavy atom. The molecule has 0 aliphatic carbocycles. The first-order valence-electron chi connectivity index (χ1n) is 6.70. The second-order valence-electron chi connectivity index (χ2n) is 4.89. The molecule has 1 amide bonds. The van der Waals surface area contributed by atoms with Gasteiger partial charge in [0.2, 0.25) is 0 Å². The highest BCUT2D eigenvalue weighted by molar-refractivity contribution is 6.08. The molecule has 0 unspecified atom stereocenters. The largest absolute Gasteiger partial charge is 0.506 e. The number of carbonyl (C=O) groups excluding carboxylic acids is 1. The maximum Gasteiger partial charge on any atom is 0.280 e. The van der Waals surface area contributed by atoms with Gasteiger partial charge >= 0.3 is 0 Å². The molecule has 1 aromatic carbocycles. The number of nitrogens with one attached hydrogen (secondary N) is 1. The van der Waals surface area contributed by atoms with E-state index in [9.17, 15) is 18.7 Å². The van der Waals surface area contributed by atoms with Gasteiger partial charge in [0.15, 0.2) is 5.65 Å². The van der Waals surface area contributed by atoms with E-state index in [1.807, 2.05) is 0 Å². The highest BCUT2D eigenvalue weighted by Crippen LogP contribution is 2.24. The van der Waals surface area contributed by atoms with E-state index in [-0.39, 0.29) is 28.3 Å². The first-order valence-corrected chi connectivity index (χ1v) is 6.70. The average Bonchev–Trinajstić information content (AvgIpc) is 2.92. The number of anilines is 1. The lowest BCUT2D eigenvalue weighted by Gasteiger charge is -2.07. The summed E-state index contributed by atoms with van der Waals surface area (Å²) in [5.74, 6) is -0.699. The topological polar surface area (TPSA) is 79.5 Å². The lowest BCUT2D eigenvalue weighted by Crippen LogP contribution is -2.13. The van der Waals surface area contributed by atoms with Crippen LogP contribution >= 0.6 is 0 Å². The van der Waals surface area contributed by atoms with Gasteiger partial charge in [-0.1, -0.05) is 12.1 Å². The van der Waals surface area contributed by atoms with E-state index < -0.39 is 12.3 Å². The van der Waals surface area contributed by atoms with E-state index >= 15 is 0 Å². The van der Waals surface area contributed by atoms with Crippen LogP contribution in [0.5, 0.6) is 5.75 Å². The third kappa shape index (κ3) is 2.70. The molecule has 0 bridgehead atoms. The van der Waals surface area contributed by atoms with Crippen LogP contribution in [0.3, 0.4) is 0 Å². The monoisotopic (exact) mass is 318 g/mol.